The Labute approximate surface area is 302 Å². The van der Waals surface area contributed by atoms with Crippen molar-refractivity contribution in [2.75, 3.05) is 0 Å². The smallest absolute Gasteiger partial charge is 0.161 e. The maximum atomic E-state index is 5.29. The Kier molecular flexibility index (Phi) is 6.39. The van der Waals surface area contributed by atoms with Crippen LogP contribution in [0.2, 0.25) is 0 Å². The molecule has 0 saturated heterocycles. The van der Waals surface area contributed by atoms with Crippen molar-refractivity contribution in [2.45, 2.75) is 0 Å². The molecule has 0 unspecified atom stereocenters. The Balaban J connectivity index is 1.03. The highest BCUT2D eigenvalue weighted by atomic mass is 32.1. The highest BCUT2D eigenvalue weighted by Crippen LogP contribution is 2.41. The first-order valence-corrected chi connectivity index (χ1v) is 18.3. The second kappa shape index (κ2) is 11.4. The first-order chi connectivity index (χ1) is 25.7. The fourth-order valence-electron chi connectivity index (χ4n) is 7.67. The minimum atomic E-state index is 0.815. The summed E-state index contributed by atoms with van der Waals surface area (Å²) < 4.78 is 4.58. The largest absolute Gasteiger partial charge is 0.247 e. The summed E-state index contributed by atoms with van der Waals surface area (Å²) in [6.07, 6.45) is 0. The summed E-state index contributed by atoms with van der Waals surface area (Å²) in [6, 6.07) is 60.2. The first kappa shape index (κ1) is 29.1. The number of hydrogen-bond donors (Lipinski definition) is 0. The van der Waals surface area contributed by atoms with Gasteiger partial charge in [-0.05, 0) is 59.0 Å². The van der Waals surface area contributed by atoms with Crippen molar-refractivity contribution in [2.24, 2.45) is 0 Å². The molecular formula is C47H28N4S. The van der Waals surface area contributed by atoms with Crippen molar-refractivity contribution in [3.63, 3.8) is 0 Å². The van der Waals surface area contributed by atoms with Crippen LogP contribution in [0.1, 0.15) is 0 Å². The molecule has 4 heterocycles. The summed E-state index contributed by atoms with van der Waals surface area (Å²) in [5.74, 6) is 0.815. The van der Waals surface area contributed by atoms with Crippen molar-refractivity contribution < 1.29 is 0 Å². The summed E-state index contributed by atoms with van der Waals surface area (Å²) in [5, 5.41) is 12.3. The van der Waals surface area contributed by atoms with E-state index in [2.05, 4.69) is 146 Å². The highest BCUT2D eigenvalue weighted by Gasteiger charge is 2.17. The van der Waals surface area contributed by atoms with Gasteiger partial charge in [0.25, 0.3) is 0 Å². The molecule has 5 heteroatoms. The van der Waals surface area contributed by atoms with Gasteiger partial charge in [-0.15, -0.1) is 11.3 Å². The van der Waals surface area contributed by atoms with Crippen LogP contribution >= 0.6 is 11.3 Å². The molecule has 0 radical (unpaired) electrons. The summed E-state index contributed by atoms with van der Waals surface area (Å²) >= 11 is 1.85. The predicted molar refractivity (Wildman–Crippen MR) is 218 cm³/mol. The molecule has 52 heavy (non-hydrogen) atoms. The van der Waals surface area contributed by atoms with Crippen LogP contribution in [0.3, 0.4) is 0 Å². The summed E-state index contributed by atoms with van der Waals surface area (Å²) in [4.78, 5) is 10.4. The van der Waals surface area contributed by atoms with Gasteiger partial charge in [-0.3, -0.25) is 0 Å². The van der Waals surface area contributed by atoms with Crippen LogP contribution in [0.4, 0.5) is 0 Å². The lowest BCUT2D eigenvalue weighted by molar-refractivity contribution is 0.949. The molecule has 0 aliphatic rings. The zero-order valence-corrected chi connectivity index (χ0v) is 28.7. The van der Waals surface area contributed by atoms with Crippen molar-refractivity contribution in [3.8, 4) is 45.0 Å². The Bertz CT molecular complexity index is 3180. The van der Waals surface area contributed by atoms with Gasteiger partial charge in [-0.2, -0.15) is 5.10 Å². The molecule has 242 valence electrons. The van der Waals surface area contributed by atoms with E-state index in [4.69, 9.17) is 15.1 Å². The summed E-state index contributed by atoms with van der Waals surface area (Å²) in [7, 11) is 0. The van der Waals surface area contributed by atoms with Crippen LogP contribution < -0.4 is 0 Å². The lowest BCUT2D eigenvalue weighted by atomic mass is 9.96. The lowest BCUT2D eigenvalue weighted by Gasteiger charge is -2.12. The highest BCUT2D eigenvalue weighted by molar-refractivity contribution is 7.25. The molecule has 0 aliphatic heterocycles. The standard InChI is InChI=1S/C47H28N4S/c1-2-11-30(12-3-1)42-28-43-36-17-5-8-19-41(36)49-47(51(43)50-42)31-23-21-29(22-24-31)32-13-10-14-33(25-32)46-39-27-45-38(35-16-6-9-20-44(35)52-45)26-37(39)34-15-4-7-18-40(34)48-46/h1-28H. The number of benzene rings is 7. The SMILES string of the molecule is c1ccc(-c2cc3c4ccccc4nc(-c4ccc(-c5cccc(-c6nc7ccccc7c7cc8c(cc67)sc6ccccc68)c5)cc4)n3n2)cc1. The second-order valence-electron chi connectivity index (χ2n) is 13.3. The normalized spacial score (nSPS) is 11.8. The van der Waals surface area contributed by atoms with Crippen LogP contribution in [0.5, 0.6) is 0 Å². The fraction of sp³-hybridized carbons (Fsp3) is 0. The lowest BCUT2D eigenvalue weighted by Crippen LogP contribution is -1.99. The molecule has 0 atom stereocenters. The average Bonchev–Trinajstić information content (AvgIpc) is 3.83. The van der Waals surface area contributed by atoms with Gasteiger partial charge < -0.3 is 0 Å². The van der Waals surface area contributed by atoms with Crippen LogP contribution in [-0.2, 0) is 0 Å². The Morgan fingerprint density at radius 1 is 0.385 bits per heavy atom. The van der Waals surface area contributed by atoms with Gasteiger partial charge in [0.15, 0.2) is 5.82 Å². The van der Waals surface area contributed by atoms with E-state index in [1.165, 1.54) is 36.3 Å². The molecule has 0 amide bonds. The molecule has 0 aliphatic carbocycles. The number of thiophene rings is 1. The topological polar surface area (TPSA) is 43.1 Å². The molecule has 0 bridgehead atoms. The van der Waals surface area contributed by atoms with Crippen molar-refractivity contribution in [1.29, 1.82) is 0 Å². The fourth-order valence-corrected chi connectivity index (χ4v) is 8.80. The summed E-state index contributed by atoms with van der Waals surface area (Å²) in [5.41, 5.74) is 10.4. The molecule has 7 aromatic carbocycles. The van der Waals surface area contributed by atoms with E-state index in [9.17, 15) is 0 Å². The molecular weight excluding hydrogens is 653 g/mol. The van der Waals surface area contributed by atoms with Gasteiger partial charge in [0, 0.05) is 53.0 Å². The van der Waals surface area contributed by atoms with Gasteiger partial charge in [-0.1, -0.05) is 127 Å². The van der Waals surface area contributed by atoms with Gasteiger partial charge >= 0.3 is 0 Å². The van der Waals surface area contributed by atoms with E-state index in [-0.39, 0.29) is 0 Å². The molecule has 0 spiro atoms. The minimum Gasteiger partial charge on any atom is -0.247 e. The second-order valence-corrected chi connectivity index (χ2v) is 14.4. The third-order valence-electron chi connectivity index (χ3n) is 10.2. The quantitative estimate of drug-likeness (QED) is 0.174. The van der Waals surface area contributed by atoms with Gasteiger partial charge in [0.05, 0.1) is 27.9 Å². The number of nitrogens with zero attached hydrogens (tertiary/aromatic N) is 4. The third-order valence-corrected chi connectivity index (χ3v) is 11.3. The number of para-hydroxylation sites is 2. The van der Waals surface area contributed by atoms with E-state index in [0.29, 0.717) is 0 Å². The Hall–Kier alpha value is -6.69. The predicted octanol–water partition coefficient (Wildman–Crippen LogP) is 12.6. The minimum absolute atomic E-state index is 0.815. The Morgan fingerprint density at radius 2 is 1.06 bits per heavy atom. The van der Waals surface area contributed by atoms with Crippen molar-refractivity contribution in [3.05, 3.63) is 170 Å². The maximum Gasteiger partial charge on any atom is 0.161 e. The van der Waals surface area contributed by atoms with E-state index in [1.807, 2.05) is 40.1 Å². The number of fused-ring (bicyclic) bond motifs is 9. The van der Waals surface area contributed by atoms with Gasteiger partial charge in [-0.25, -0.2) is 14.5 Å². The molecule has 0 saturated carbocycles. The van der Waals surface area contributed by atoms with E-state index in [0.717, 1.165) is 67.0 Å². The molecule has 4 aromatic heterocycles. The Morgan fingerprint density at radius 3 is 1.90 bits per heavy atom. The van der Waals surface area contributed by atoms with Crippen molar-refractivity contribution in [1.82, 2.24) is 19.6 Å². The summed E-state index contributed by atoms with van der Waals surface area (Å²) in [6.45, 7) is 0. The molecule has 0 fully saturated rings. The third kappa shape index (κ3) is 4.57. The number of rotatable bonds is 4. The number of hydrogen-bond acceptors (Lipinski definition) is 4. The zero-order chi connectivity index (χ0) is 34.2. The van der Waals surface area contributed by atoms with Crippen LogP contribution in [0, 0.1) is 0 Å². The van der Waals surface area contributed by atoms with Crippen LogP contribution in [0.15, 0.2) is 170 Å². The van der Waals surface area contributed by atoms with Crippen LogP contribution in [-0.4, -0.2) is 19.6 Å². The van der Waals surface area contributed by atoms with E-state index < -0.39 is 0 Å². The average molecular weight is 681 g/mol. The molecule has 0 N–H and O–H groups in total. The molecule has 11 aromatic rings. The molecule has 11 rings (SSSR count). The van der Waals surface area contributed by atoms with E-state index >= 15 is 0 Å². The van der Waals surface area contributed by atoms with Crippen molar-refractivity contribution >= 4 is 69.6 Å². The molecule has 4 nitrogen and oxygen atoms in total. The number of pyridine rings is 1. The maximum absolute atomic E-state index is 5.29. The van der Waals surface area contributed by atoms with Crippen LogP contribution in [0.25, 0.3) is 103 Å². The van der Waals surface area contributed by atoms with E-state index in [1.54, 1.807) is 0 Å². The monoisotopic (exact) mass is 680 g/mol. The van der Waals surface area contributed by atoms with Gasteiger partial charge in [0.1, 0.15) is 0 Å². The zero-order valence-electron chi connectivity index (χ0n) is 27.9. The van der Waals surface area contributed by atoms with Gasteiger partial charge in [0.2, 0.25) is 0 Å². The first-order valence-electron chi connectivity index (χ1n) is 17.4. The number of aromatic nitrogens is 4.